The molecule has 0 saturated carbocycles. The Bertz CT molecular complexity index is 643. The summed E-state index contributed by atoms with van der Waals surface area (Å²) in [5.41, 5.74) is 1.21. The largest absolute Gasteiger partial charge is 0.493 e. The molecule has 156 valence electrons. The van der Waals surface area contributed by atoms with Crippen molar-refractivity contribution in [1.29, 1.82) is 0 Å². The molecule has 1 amide bonds. The Balaban J connectivity index is 1.79. The number of aryl methyl sites for hydroxylation is 1. The Morgan fingerprint density at radius 3 is 2.64 bits per heavy atom. The molecule has 0 spiro atoms. The number of hydrogen-bond donors (Lipinski definition) is 2. The summed E-state index contributed by atoms with van der Waals surface area (Å²) in [5, 5.41) is 6.51. The maximum atomic E-state index is 12.1. The number of rotatable bonds is 10. The molecule has 2 rings (SSSR count). The van der Waals surface area contributed by atoms with E-state index in [-0.39, 0.29) is 12.5 Å². The topological polar surface area (TPSA) is 75.2 Å². The molecule has 0 aromatic heterocycles. The van der Waals surface area contributed by atoms with E-state index in [4.69, 9.17) is 9.47 Å². The van der Waals surface area contributed by atoms with Gasteiger partial charge in [-0.1, -0.05) is 6.07 Å². The van der Waals surface area contributed by atoms with Gasteiger partial charge in [-0.3, -0.25) is 4.79 Å². The molecule has 0 aliphatic carbocycles. The lowest BCUT2D eigenvalue weighted by molar-refractivity contribution is -0.128. The van der Waals surface area contributed by atoms with Gasteiger partial charge >= 0.3 is 0 Å². The van der Waals surface area contributed by atoms with Crippen LogP contribution in [0.1, 0.15) is 38.7 Å². The normalized spacial score (nSPS) is 14.1. The summed E-state index contributed by atoms with van der Waals surface area (Å²) < 4.78 is 11.0. The molecule has 1 heterocycles. The average molecular weight is 391 g/mol. The summed E-state index contributed by atoms with van der Waals surface area (Å²) in [6.45, 7) is 8.07. The van der Waals surface area contributed by atoms with Crippen molar-refractivity contribution in [3.63, 3.8) is 0 Å². The maximum Gasteiger partial charge on any atom is 0.244 e. The number of hydrogen-bond acceptors (Lipinski definition) is 4. The predicted octanol–water partition coefficient (Wildman–Crippen LogP) is 2.20. The van der Waals surface area contributed by atoms with Gasteiger partial charge in [0, 0.05) is 26.2 Å². The highest BCUT2D eigenvalue weighted by Gasteiger charge is 2.17. The molecule has 2 N–H and O–H groups in total. The number of nitrogens with one attached hydrogen (secondary N) is 2. The van der Waals surface area contributed by atoms with E-state index in [1.807, 2.05) is 30.9 Å². The van der Waals surface area contributed by atoms with Crippen LogP contribution in [0.3, 0.4) is 0 Å². The number of aliphatic imine (C=N–C) groups is 1. The highest BCUT2D eigenvalue weighted by Crippen LogP contribution is 2.28. The van der Waals surface area contributed by atoms with Gasteiger partial charge in [0.05, 0.1) is 13.7 Å². The molecule has 1 aromatic rings. The SMILES string of the molecule is CCNC(=NCC(=O)N1CCCC1)NCCCc1ccc(OC)c(OCC)c1. The van der Waals surface area contributed by atoms with Gasteiger partial charge in [0.2, 0.25) is 5.91 Å². The Morgan fingerprint density at radius 2 is 1.96 bits per heavy atom. The second-order valence-corrected chi connectivity index (χ2v) is 6.73. The predicted molar refractivity (Wildman–Crippen MR) is 112 cm³/mol. The van der Waals surface area contributed by atoms with Gasteiger partial charge < -0.3 is 25.0 Å². The zero-order chi connectivity index (χ0) is 20.2. The number of likely N-dealkylation sites (tertiary alicyclic amines) is 1. The van der Waals surface area contributed by atoms with Crippen molar-refractivity contribution in [2.24, 2.45) is 4.99 Å². The highest BCUT2D eigenvalue weighted by atomic mass is 16.5. The zero-order valence-electron chi connectivity index (χ0n) is 17.4. The van der Waals surface area contributed by atoms with Crippen LogP contribution in [-0.2, 0) is 11.2 Å². The van der Waals surface area contributed by atoms with Crippen molar-refractivity contribution < 1.29 is 14.3 Å². The first-order chi connectivity index (χ1) is 13.7. The fourth-order valence-corrected chi connectivity index (χ4v) is 3.20. The van der Waals surface area contributed by atoms with Crippen LogP contribution in [-0.4, -0.2) is 63.2 Å². The number of nitrogens with zero attached hydrogens (tertiary/aromatic N) is 2. The van der Waals surface area contributed by atoms with E-state index in [1.54, 1.807) is 7.11 Å². The van der Waals surface area contributed by atoms with Crippen molar-refractivity contribution in [3.05, 3.63) is 23.8 Å². The number of ether oxygens (including phenoxy) is 2. The summed E-state index contributed by atoms with van der Waals surface area (Å²) in [5.74, 6) is 2.34. The molecular formula is C21H34N4O3. The number of amides is 1. The average Bonchev–Trinajstić information content (AvgIpc) is 3.24. The Morgan fingerprint density at radius 1 is 1.18 bits per heavy atom. The lowest BCUT2D eigenvalue weighted by atomic mass is 10.1. The Kier molecular flexibility index (Phi) is 9.45. The summed E-state index contributed by atoms with van der Waals surface area (Å²) in [6, 6.07) is 6.05. The molecule has 28 heavy (non-hydrogen) atoms. The molecule has 0 atom stereocenters. The Labute approximate surface area is 168 Å². The van der Waals surface area contributed by atoms with Gasteiger partial charge in [0.1, 0.15) is 6.54 Å². The van der Waals surface area contributed by atoms with Crippen molar-refractivity contribution in [2.75, 3.05) is 46.4 Å². The smallest absolute Gasteiger partial charge is 0.244 e. The highest BCUT2D eigenvalue weighted by molar-refractivity contribution is 5.85. The standard InChI is InChI=1S/C21H34N4O3/c1-4-22-21(24-16-20(26)25-13-6-7-14-25)23-12-8-9-17-10-11-18(27-3)19(15-17)28-5-2/h10-11,15H,4-9,12-14,16H2,1-3H3,(H2,22,23,24). The van der Waals surface area contributed by atoms with E-state index in [0.29, 0.717) is 12.6 Å². The van der Waals surface area contributed by atoms with Crippen molar-refractivity contribution in [3.8, 4) is 11.5 Å². The molecule has 7 nitrogen and oxygen atoms in total. The van der Waals surface area contributed by atoms with Crippen LogP contribution in [0.25, 0.3) is 0 Å². The molecule has 1 aliphatic rings. The third-order valence-electron chi connectivity index (χ3n) is 4.64. The summed E-state index contributed by atoms with van der Waals surface area (Å²) in [6.07, 6.45) is 4.07. The minimum atomic E-state index is 0.108. The third-order valence-corrected chi connectivity index (χ3v) is 4.64. The van der Waals surface area contributed by atoms with E-state index in [2.05, 4.69) is 21.7 Å². The number of carbonyl (C=O) groups is 1. The molecule has 0 bridgehead atoms. The summed E-state index contributed by atoms with van der Waals surface area (Å²) >= 11 is 0. The van der Waals surface area contributed by atoms with Gasteiger partial charge in [-0.05, 0) is 57.2 Å². The van der Waals surface area contributed by atoms with Crippen LogP contribution in [0.15, 0.2) is 23.2 Å². The molecule has 0 unspecified atom stereocenters. The minimum absolute atomic E-state index is 0.108. The monoisotopic (exact) mass is 390 g/mol. The van der Waals surface area contributed by atoms with E-state index in [1.165, 1.54) is 5.56 Å². The molecule has 7 heteroatoms. The molecule has 1 aliphatic heterocycles. The number of carbonyl (C=O) groups excluding carboxylic acids is 1. The van der Waals surface area contributed by atoms with Crippen LogP contribution in [0.5, 0.6) is 11.5 Å². The number of methoxy groups -OCH3 is 1. The lowest BCUT2D eigenvalue weighted by Gasteiger charge is -2.15. The second kappa shape index (κ2) is 12.1. The van der Waals surface area contributed by atoms with Gasteiger partial charge in [0.15, 0.2) is 17.5 Å². The van der Waals surface area contributed by atoms with Crippen molar-refractivity contribution in [2.45, 2.75) is 39.5 Å². The van der Waals surface area contributed by atoms with Crippen LogP contribution in [0.2, 0.25) is 0 Å². The number of guanidine groups is 1. The van der Waals surface area contributed by atoms with E-state index in [9.17, 15) is 4.79 Å². The second-order valence-electron chi connectivity index (χ2n) is 6.73. The van der Waals surface area contributed by atoms with E-state index in [0.717, 1.165) is 63.4 Å². The first-order valence-corrected chi connectivity index (χ1v) is 10.3. The van der Waals surface area contributed by atoms with Gasteiger partial charge in [-0.25, -0.2) is 4.99 Å². The van der Waals surface area contributed by atoms with Crippen LogP contribution in [0, 0.1) is 0 Å². The molecule has 1 saturated heterocycles. The quantitative estimate of drug-likeness (QED) is 0.364. The van der Waals surface area contributed by atoms with Crippen LogP contribution >= 0.6 is 0 Å². The van der Waals surface area contributed by atoms with Crippen LogP contribution in [0.4, 0.5) is 0 Å². The minimum Gasteiger partial charge on any atom is -0.493 e. The molecular weight excluding hydrogens is 356 g/mol. The molecule has 1 aromatic carbocycles. The van der Waals surface area contributed by atoms with Crippen LogP contribution < -0.4 is 20.1 Å². The van der Waals surface area contributed by atoms with Crippen molar-refractivity contribution in [1.82, 2.24) is 15.5 Å². The molecule has 1 fully saturated rings. The summed E-state index contributed by atoms with van der Waals surface area (Å²) in [4.78, 5) is 18.5. The van der Waals surface area contributed by atoms with Gasteiger partial charge in [0.25, 0.3) is 0 Å². The fourth-order valence-electron chi connectivity index (χ4n) is 3.20. The fraction of sp³-hybridized carbons (Fsp3) is 0.619. The zero-order valence-corrected chi connectivity index (χ0v) is 17.4. The Hall–Kier alpha value is -2.44. The van der Waals surface area contributed by atoms with Gasteiger partial charge in [-0.2, -0.15) is 0 Å². The maximum absolute atomic E-state index is 12.1. The third kappa shape index (κ3) is 6.94. The van der Waals surface area contributed by atoms with Gasteiger partial charge in [-0.15, -0.1) is 0 Å². The molecule has 0 radical (unpaired) electrons. The first kappa shape index (κ1) is 21.9. The number of benzene rings is 1. The van der Waals surface area contributed by atoms with E-state index < -0.39 is 0 Å². The van der Waals surface area contributed by atoms with Crippen molar-refractivity contribution >= 4 is 11.9 Å². The first-order valence-electron chi connectivity index (χ1n) is 10.3. The van der Waals surface area contributed by atoms with E-state index >= 15 is 0 Å². The lowest BCUT2D eigenvalue weighted by Crippen LogP contribution is -2.39. The summed E-state index contributed by atoms with van der Waals surface area (Å²) in [7, 11) is 1.65.